The van der Waals surface area contributed by atoms with Gasteiger partial charge in [0.2, 0.25) is 0 Å². The van der Waals surface area contributed by atoms with Gasteiger partial charge >= 0.3 is 191 Å². The maximum atomic E-state index is 14.5. The minimum atomic E-state index is -1.66. The van der Waals surface area contributed by atoms with Crippen molar-refractivity contribution in [2.24, 2.45) is 0 Å². The first kappa shape index (κ1) is 23.5. The number of nitrogens with zero attached hydrogens (tertiary/aromatic N) is 1. The van der Waals surface area contributed by atoms with Crippen molar-refractivity contribution in [3.8, 4) is 5.75 Å². The number of carboxylic acid groups (broad SMARTS) is 1. The maximum absolute atomic E-state index is 14.5. The molecule has 0 fully saturated rings. The summed E-state index contributed by atoms with van der Waals surface area (Å²) in [5.74, 6) is -1.48. The average Bonchev–Trinajstić information content (AvgIpc) is 2.72. The number of carboxylic acids is 1. The van der Waals surface area contributed by atoms with Crippen LogP contribution in [0, 0.1) is 5.82 Å². The topological polar surface area (TPSA) is 88.8 Å². The van der Waals surface area contributed by atoms with Crippen molar-refractivity contribution < 1.29 is 24.1 Å². The van der Waals surface area contributed by atoms with E-state index in [2.05, 4.69) is 0 Å². The molecule has 0 aliphatic carbocycles. The summed E-state index contributed by atoms with van der Waals surface area (Å²) in [6.07, 6.45) is 1.40. The van der Waals surface area contributed by atoms with Gasteiger partial charge in [-0.2, -0.15) is 0 Å². The summed E-state index contributed by atoms with van der Waals surface area (Å²) in [6, 6.07) is 7.84. The van der Waals surface area contributed by atoms with Gasteiger partial charge in [0.25, 0.3) is 0 Å². The summed E-state index contributed by atoms with van der Waals surface area (Å²) < 4.78 is 21.3. The molecular formula is C22H22ClFINO5. The standard InChI is InChI=1S/C22H22ClFINO5/c1-25(2)19(11-27)26-10-15(22(29)30)21(28)14-8-13(18(31-3)9-17(14)26)7-12-5-4-6-16(23)20(12)24/h4-6,8-10,19,27H,7,11H2,1-3H3,(H,29,30)/t19-/m1/s1. The Kier molecular flexibility index (Phi) is 7.23. The second-order valence-corrected chi connectivity index (χ2v) is 13.6. The fourth-order valence-corrected chi connectivity index (χ4v) is 6.10. The molecule has 0 aliphatic heterocycles. The van der Waals surface area contributed by atoms with Crippen molar-refractivity contribution in [2.45, 2.75) is 10.5 Å². The predicted molar refractivity (Wildman–Crippen MR) is 128 cm³/mol. The molecule has 2 N–H and O–H groups in total. The van der Waals surface area contributed by atoms with Crippen LogP contribution in [0.15, 0.2) is 41.3 Å². The monoisotopic (exact) mass is 561 g/mol. The molecule has 0 bridgehead atoms. The van der Waals surface area contributed by atoms with Crippen molar-refractivity contribution in [2.75, 3.05) is 23.6 Å². The number of carbonyl (C=O) groups is 1. The van der Waals surface area contributed by atoms with Gasteiger partial charge in [-0.15, -0.1) is 0 Å². The summed E-state index contributed by atoms with van der Waals surface area (Å²) in [4.78, 5) is 28.8. The Balaban J connectivity index is 2.32. The molecule has 0 saturated heterocycles. The fraction of sp³-hybridized carbons (Fsp3) is 0.273. The van der Waals surface area contributed by atoms with E-state index < -0.39 is 37.0 Å². The summed E-state index contributed by atoms with van der Waals surface area (Å²) >= 11 is 4.22. The van der Waals surface area contributed by atoms with Crippen LogP contribution < -0.4 is 10.2 Å². The number of hydrogen-bond acceptors (Lipinski definition) is 4. The number of aromatic nitrogens is 1. The first-order valence-corrected chi connectivity index (χ1v) is 15.1. The number of benzene rings is 2. The Morgan fingerprint density at radius 1 is 1.29 bits per heavy atom. The normalized spacial score (nSPS) is 12.6. The van der Waals surface area contributed by atoms with Gasteiger partial charge in [0.15, 0.2) is 0 Å². The van der Waals surface area contributed by atoms with Crippen LogP contribution in [-0.4, -0.2) is 44.3 Å². The molecule has 0 aliphatic rings. The molecule has 0 radical (unpaired) electrons. The van der Waals surface area contributed by atoms with Gasteiger partial charge in [-0.25, -0.2) is 0 Å². The number of methoxy groups -OCH3 is 1. The van der Waals surface area contributed by atoms with Crippen molar-refractivity contribution in [3.05, 3.63) is 74.3 Å². The Hall–Kier alpha value is -2.17. The van der Waals surface area contributed by atoms with Gasteiger partial charge in [0.05, 0.1) is 0 Å². The van der Waals surface area contributed by atoms with Gasteiger partial charge in [-0.3, -0.25) is 0 Å². The molecule has 3 rings (SSSR count). The molecule has 166 valence electrons. The molecule has 0 unspecified atom stereocenters. The first-order valence-electron chi connectivity index (χ1n) is 9.21. The van der Waals surface area contributed by atoms with E-state index in [-0.39, 0.29) is 33.0 Å². The van der Waals surface area contributed by atoms with E-state index in [9.17, 15) is 24.2 Å². The van der Waals surface area contributed by atoms with Gasteiger partial charge in [0.1, 0.15) is 0 Å². The first-order chi connectivity index (χ1) is 14.7. The summed E-state index contributed by atoms with van der Waals surface area (Å²) in [5.41, 5.74) is 0.286. The second kappa shape index (κ2) is 9.54. The Bertz CT molecular complexity index is 1210. The quantitative estimate of drug-likeness (QED) is 0.331. The zero-order chi connectivity index (χ0) is 22.9. The summed E-state index contributed by atoms with van der Waals surface area (Å²) in [6.45, 7) is -0.174. The van der Waals surface area contributed by atoms with E-state index in [1.54, 1.807) is 22.8 Å². The molecule has 1 atom stereocenters. The molecule has 6 nitrogen and oxygen atoms in total. The number of halogens is 3. The molecular weight excluding hydrogens is 540 g/mol. The van der Waals surface area contributed by atoms with E-state index in [4.69, 9.17) is 16.3 Å². The van der Waals surface area contributed by atoms with Crippen LogP contribution in [0.5, 0.6) is 5.75 Å². The number of alkyl halides is 3. The van der Waals surface area contributed by atoms with Crippen LogP contribution in [-0.2, 0) is 6.42 Å². The number of ether oxygens (including phenoxy) is 1. The number of pyridine rings is 1. The molecule has 0 amide bonds. The van der Waals surface area contributed by atoms with Crippen LogP contribution in [0.4, 0.5) is 4.39 Å². The molecule has 3 aromatic rings. The second-order valence-electron chi connectivity index (χ2n) is 7.09. The van der Waals surface area contributed by atoms with Crippen molar-refractivity contribution >= 4 is 48.3 Å². The van der Waals surface area contributed by atoms with E-state index in [0.717, 1.165) is 0 Å². The molecule has 2 aromatic carbocycles. The van der Waals surface area contributed by atoms with E-state index >= 15 is 0 Å². The SMILES string of the molecule is COc1cc2c(cc1Cc1cccc(Cl)c1F)c(=O)c(C(=O)O)cn2[C@H](CO)I(C)C. The molecule has 1 aromatic heterocycles. The summed E-state index contributed by atoms with van der Waals surface area (Å²) in [5, 5.41) is 19.7. The zero-order valence-electron chi connectivity index (χ0n) is 17.2. The van der Waals surface area contributed by atoms with Crippen molar-refractivity contribution in [1.29, 1.82) is 0 Å². The Morgan fingerprint density at radius 3 is 2.58 bits per heavy atom. The summed E-state index contributed by atoms with van der Waals surface area (Å²) in [7, 11) is 1.47. The van der Waals surface area contributed by atoms with Crippen LogP contribution in [0.25, 0.3) is 10.9 Å². The van der Waals surface area contributed by atoms with Gasteiger partial charge < -0.3 is 0 Å². The zero-order valence-corrected chi connectivity index (χ0v) is 20.1. The third kappa shape index (κ3) is 4.56. The fourth-order valence-electron chi connectivity index (χ4n) is 3.46. The van der Waals surface area contributed by atoms with Crippen LogP contribution in [0.3, 0.4) is 0 Å². The van der Waals surface area contributed by atoms with Crippen molar-refractivity contribution in [3.63, 3.8) is 0 Å². The Morgan fingerprint density at radius 2 is 2.00 bits per heavy atom. The molecule has 0 spiro atoms. The average molecular weight is 562 g/mol. The molecule has 9 heteroatoms. The molecule has 1 heterocycles. The number of aromatic carboxylic acids is 1. The van der Waals surface area contributed by atoms with Crippen LogP contribution >= 0.6 is 31.4 Å². The van der Waals surface area contributed by atoms with Gasteiger partial charge in [0, 0.05) is 0 Å². The van der Waals surface area contributed by atoms with Gasteiger partial charge in [-0.05, 0) is 0 Å². The van der Waals surface area contributed by atoms with E-state index in [0.29, 0.717) is 22.4 Å². The number of hydrogen-bond donors (Lipinski definition) is 2. The van der Waals surface area contributed by atoms with Crippen molar-refractivity contribution in [1.82, 2.24) is 4.57 Å². The number of rotatable bonds is 7. The number of aliphatic hydroxyl groups excluding tert-OH is 1. The van der Waals surface area contributed by atoms with Crippen LogP contribution in [0.1, 0.15) is 25.5 Å². The third-order valence-corrected chi connectivity index (χ3v) is 9.20. The number of fused-ring (bicyclic) bond motifs is 1. The molecule has 0 saturated carbocycles. The Labute approximate surface area is 190 Å². The van der Waals surface area contributed by atoms with E-state index in [1.165, 1.54) is 25.4 Å². The predicted octanol–water partition coefficient (Wildman–Crippen LogP) is 4.35. The van der Waals surface area contributed by atoms with Crippen LogP contribution in [0.2, 0.25) is 5.02 Å². The van der Waals surface area contributed by atoms with E-state index in [1.807, 2.05) is 9.86 Å². The van der Waals surface area contributed by atoms with Gasteiger partial charge in [-0.1, -0.05) is 0 Å². The molecule has 31 heavy (non-hydrogen) atoms. The third-order valence-electron chi connectivity index (χ3n) is 5.03. The minimum absolute atomic E-state index is 0.0129. The number of aliphatic hydroxyl groups is 1.